The molecule has 1 aromatic carbocycles. The highest BCUT2D eigenvalue weighted by molar-refractivity contribution is 5.29. The van der Waals surface area contributed by atoms with E-state index in [-0.39, 0.29) is 12.2 Å². The largest absolute Gasteiger partial charge is 0.496 e. The van der Waals surface area contributed by atoms with Gasteiger partial charge in [0.15, 0.2) is 0 Å². The van der Waals surface area contributed by atoms with Gasteiger partial charge in [-0.2, -0.15) is 0 Å². The Morgan fingerprint density at radius 2 is 1.89 bits per heavy atom. The summed E-state index contributed by atoms with van der Waals surface area (Å²) in [6.07, 6.45) is 1.56. The minimum Gasteiger partial charge on any atom is -0.496 e. The molecule has 18 heavy (non-hydrogen) atoms. The number of rotatable bonds is 5. The summed E-state index contributed by atoms with van der Waals surface area (Å²) >= 11 is 0. The molecule has 0 aliphatic carbocycles. The van der Waals surface area contributed by atoms with Crippen molar-refractivity contribution in [1.82, 2.24) is 4.98 Å². The molecule has 0 radical (unpaired) electrons. The predicted octanol–water partition coefficient (Wildman–Crippen LogP) is 2.10. The number of ether oxygens (including phenoxy) is 2. The molecule has 0 spiro atoms. The van der Waals surface area contributed by atoms with Gasteiger partial charge in [-0.1, -0.05) is 30.3 Å². The Labute approximate surface area is 105 Å². The Morgan fingerprint density at radius 3 is 2.61 bits per heavy atom. The van der Waals surface area contributed by atoms with Crippen LogP contribution in [-0.4, -0.2) is 12.1 Å². The zero-order valence-electron chi connectivity index (χ0n) is 10.2. The highest BCUT2D eigenvalue weighted by Crippen LogP contribution is 2.14. The van der Waals surface area contributed by atoms with Crippen LogP contribution in [0.4, 0.5) is 0 Å². The smallest absolute Gasteiger partial charge is 0.257 e. The minimum atomic E-state index is -0.178. The summed E-state index contributed by atoms with van der Waals surface area (Å²) in [7, 11) is 1.54. The predicted molar refractivity (Wildman–Crippen MR) is 68.5 cm³/mol. The third-order valence-corrected chi connectivity index (χ3v) is 2.60. The fourth-order valence-corrected chi connectivity index (χ4v) is 1.67. The van der Waals surface area contributed by atoms with Gasteiger partial charge in [0.2, 0.25) is 0 Å². The van der Waals surface area contributed by atoms with E-state index >= 15 is 0 Å². The highest BCUT2D eigenvalue weighted by atomic mass is 16.5. The summed E-state index contributed by atoms with van der Waals surface area (Å²) in [6.45, 7) is 0.701. The Morgan fingerprint density at radius 1 is 1.11 bits per heavy atom. The summed E-state index contributed by atoms with van der Waals surface area (Å²) in [4.78, 5) is 14.2. The first kappa shape index (κ1) is 12.4. The van der Waals surface area contributed by atoms with E-state index in [4.69, 9.17) is 9.47 Å². The van der Waals surface area contributed by atoms with Gasteiger partial charge in [0, 0.05) is 6.20 Å². The van der Waals surface area contributed by atoms with Gasteiger partial charge in [-0.25, -0.2) is 0 Å². The maximum absolute atomic E-state index is 11.6. The molecule has 1 heterocycles. The molecule has 1 aromatic heterocycles. The SMILES string of the molecule is COc1cc[nH]c(=O)c1COCc1ccccc1. The van der Waals surface area contributed by atoms with Gasteiger partial charge < -0.3 is 14.5 Å². The molecular weight excluding hydrogens is 230 g/mol. The van der Waals surface area contributed by atoms with Gasteiger partial charge >= 0.3 is 0 Å². The molecule has 4 nitrogen and oxygen atoms in total. The molecule has 0 saturated carbocycles. The Kier molecular flexibility index (Phi) is 4.15. The van der Waals surface area contributed by atoms with E-state index in [0.717, 1.165) is 5.56 Å². The molecule has 0 saturated heterocycles. The maximum atomic E-state index is 11.6. The zero-order chi connectivity index (χ0) is 12.8. The standard InChI is InChI=1S/C14H15NO3/c1-17-13-7-8-15-14(16)12(13)10-18-9-11-5-3-2-4-6-11/h2-8H,9-10H2,1H3,(H,15,16). The van der Waals surface area contributed by atoms with E-state index < -0.39 is 0 Å². The van der Waals surface area contributed by atoms with Crippen LogP contribution in [0.25, 0.3) is 0 Å². The van der Waals surface area contributed by atoms with Crippen molar-refractivity contribution in [1.29, 1.82) is 0 Å². The molecule has 2 rings (SSSR count). The zero-order valence-corrected chi connectivity index (χ0v) is 10.2. The Balaban J connectivity index is 2.01. The molecular formula is C14H15NO3. The number of pyridine rings is 1. The van der Waals surface area contributed by atoms with Crippen LogP contribution in [0.15, 0.2) is 47.4 Å². The van der Waals surface area contributed by atoms with Crippen LogP contribution in [0.1, 0.15) is 11.1 Å². The van der Waals surface area contributed by atoms with E-state index in [1.54, 1.807) is 12.3 Å². The van der Waals surface area contributed by atoms with Crippen LogP contribution in [0.5, 0.6) is 5.75 Å². The van der Waals surface area contributed by atoms with E-state index in [1.165, 1.54) is 7.11 Å². The lowest BCUT2D eigenvalue weighted by Crippen LogP contribution is -2.14. The van der Waals surface area contributed by atoms with Crippen molar-refractivity contribution in [3.8, 4) is 5.75 Å². The van der Waals surface area contributed by atoms with Crippen molar-refractivity contribution in [2.24, 2.45) is 0 Å². The average molecular weight is 245 g/mol. The molecule has 4 heteroatoms. The summed E-state index contributed by atoms with van der Waals surface area (Å²) in [5.74, 6) is 0.548. The van der Waals surface area contributed by atoms with Crippen molar-refractivity contribution in [3.05, 3.63) is 64.1 Å². The topological polar surface area (TPSA) is 51.3 Å². The Hall–Kier alpha value is -2.07. The molecule has 0 fully saturated rings. The monoisotopic (exact) mass is 245 g/mol. The lowest BCUT2D eigenvalue weighted by atomic mass is 10.2. The van der Waals surface area contributed by atoms with Gasteiger partial charge in [0.25, 0.3) is 5.56 Å². The number of nitrogens with one attached hydrogen (secondary N) is 1. The fourth-order valence-electron chi connectivity index (χ4n) is 1.67. The number of hydrogen-bond donors (Lipinski definition) is 1. The molecule has 1 N–H and O–H groups in total. The number of benzene rings is 1. The van der Waals surface area contributed by atoms with Crippen LogP contribution in [0.3, 0.4) is 0 Å². The number of aromatic amines is 1. The molecule has 0 unspecified atom stereocenters. The normalized spacial score (nSPS) is 10.3. The fraction of sp³-hybridized carbons (Fsp3) is 0.214. The second-order valence-electron chi connectivity index (χ2n) is 3.83. The van der Waals surface area contributed by atoms with Gasteiger partial charge in [-0.05, 0) is 11.6 Å². The summed E-state index contributed by atoms with van der Waals surface area (Å²) in [5, 5.41) is 0. The number of methoxy groups -OCH3 is 1. The molecule has 94 valence electrons. The van der Waals surface area contributed by atoms with Crippen LogP contribution in [0.2, 0.25) is 0 Å². The minimum absolute atomic E-state index is 0.178. The number of H-pyrrole nitrogens is 1. The second-order valence-corrected chi connectivity index (χ2v) is 3.83. The quantitative estimate of drug-likeness (QED) is 0.877. The average Bonchev–Trinajstić information content (AvgIpc) is 2.41. The van der Waals surface area contributed by atoms with Crippen molar-refractivity contribution in [2.75, 3.05) is 7.11 Å². The molecule has 0 aliphatic rings. The van der Waals surface area contributed by atoms with Gasteiger partial charge in [-0.15, -0.1) is 0 Å². The first-order valence-corrected chi connectivity index (χ1v) is 5.67. The first-order chi connectivity index (χ1) is 8.81. The van der Waals surface area contributed by atoms with Crippen molar-refractivity contribution in [3.63, 3.8) is 0 Å². The summed E-state index contributed by atoms with van der Waals surface area (Å²) in [5.41, 5.74) is 1.40. The van der Waals surface area contributed by atoms with Crippen molar-refractivity contribution in [2.45, 2.75) is 13.2 Å². The molecule has 0 aliphatic heterocycles. The number of aromatic nitrogens is 1. The van der Waals surface area contributed by atoms with Crippen molar-refractivity contribution < 1.29 is 9.47 Å². The van der Waals surface area contributed by atoms with E-state index in [9.17, 15) is 4.79 Å². The first-order valence-electron chi connectivity index (χ1n) is 5.67. The van der Waals surface area contributed by atoms with Gasteiger partial charge in [-0.3, -0.25) is 4.79 Å². The lowest BCUT2D eigenvalue weighted by Gasteiger charge is -2.08. The second kappa shape index (κ2) is 6.02. The molecule has 2 aromatic rings. The maximum Gasteiger partial charge on any atom is 0.257 e. The van der Waals surface area contributed by atoms with E-state index in [1.807, 2.05) is 30.3 Å². The van der Waals surface area contributed by atoms with Crippen LogP contribution in [0, 0.1) is 0 Å². The highest BCUT2D eigenvalue weighted by Gasteiger charge is 2.07. The lowest BCUT2D eigenvalue weighted by molar-refractivity contribution is 0.104. The number of hydrogen-bond acceptors (Lipinski definition) is 3. The van der Waals surface area contributed by atoms with Crippen LogP contribution in [-0.2, 0) is 18.0 Å². The molecule has 0 bridgehead atoms. The summed E-state index contributed by atoms with van der Waals surface area (Å²) < 4.78 is 10.7. The Bertz CT molecular complexity index is 548. The van der Waals surface area contributed by atoms with E-state index in [2.05, 4.69) is 4.98 Å². The van der Waals surface area contributed by atoms with E-state index in [0.29, 0.717) is 17.9 Å². The molecule has 0 amide bonds. The summed E-state index contributed by atoms with van der Waals surface area (Å²) in [6, 6.07) is 11.5. The van der Waals surface area contributed by atoms with Crippen molar-refractivity contribution >= 4 is 0 Å². The third kappa shape index (κ3) is 2.99. The van der Waals surface area contributed by atoms with Crippen LogP contribution >= 0.6 is 0 Å². The van der Waals surface area contributed by atoms with Crippen LogP contribution < -0.4 is 10.3 Å². The van der Waals surface area contributed by atoms with Gasteiger partial charge in [0.1, 0.15) is 5.75 Å². The van der Waals surface area contributed by atoms with Gasteiger partial charge in [0.05, 0.1) is 25.9 Å². The third-order valence-electron chi connectivity index (χ3n) is 2.60. The molecule has 0 atom stereocenters.